The summed E-state index contributed by atoms with van der Waals surface area (Å²) in [6, 6.07) is 24.2. The van der Waals surface area contributed by atoms with Crippen molar-refractivity contribution >= 4 is 16.7 Å². The van der Waals surface area contributed by atoms with Crippen molar-refractivity contribution < 1.29 is 4.79 Å². The van der Waals surface area contributed by atoms with Crippen LogP contribution in [0.4, 0.5) is 0 Å². The molecule has 138 valence electrons. The van der Waals surface area contributed by atoms with Crippen molar-refractivity contribution in [2.45, 2.75) is 19.9 Å². The number of nitrogens with one attached hydrogen (secondary N) is 1. The molecule has 0 saturated carbocycles. The smallest absolute Gasteiger partial charge is 0.252 e. The van der Waals surface area contributed by atoms with Crippen LogP contribution in [-0.2, 0) is 0 Å². The van der Waals surface area contributed by atoms with Gasteiger partial charge in [-0.05, 0) is 53.4 Å². The Morgan fingerprint density at radius 1 is 0.929 bits per heavy atom. The van der Waals surface area contributed by atoms with E-state index in [9.17, 15) is 4.79 Å². The molecule has 1 N–H and O–H groups in total. The molecule has 0 fully saturated rings. The fourth-order valence-corrected chi connectivity index (χ4v) is 3.56. The topological polar surface area (TPSA) is 42.0 Å². The zero-order valence-electron chi connectivity index (χ0n) is 16.0. The SMILES string of the molecule is Cc1ccc(-c2cccnc2)cc1C(=O)N[C@H](C)c1cccc2ccccc12. The van der Waals surface area contributed by atoms with Crippen molar-refractivity contribution in [1.29, 1.82) is 0 Å². The summed E-state index contributed by atoms with van der Waals surface area (Å²) in [7, 11) is 0. The highest BCUT2D eigenvalue weighted by Crippen LogP contribution is 2.26. The van der Waals surface area contributed by atoms with E-state index in [0.717, 1.165) is 22.3 Å². The van der Waals surface area contributed by atoms with Crippen molar-refractivity contribution in [3.05, 3.63) is 102 Å². The van der Waals surface area contributed by atoms with Crippen LogP contribution in [0.25, 0.3) is 21.9 Å². The molecule has 1 aromatic heterocycles. The number of fused-ring (bicyclic) bond motifs is 1. The number of aromatic nitrogens is 1. The van der Waals surface area contributed by atoms with E-state index in [-0.39, 0.29) is 11.9 Å². The Labute approximate surface area is 165 Å². The van der Waals surface area contributed by atoms with Crippen molar-refractivity contribution in [3.63, 3.8) is 0 Å². The van der Waals surface area contributed by atoms with Gasteiger partial charge in [-0.3, -0.25) is 9.78 Å². The summed E-state index contributed by atoms with van der Waals surface area (Å²) in [6.45, 7) is 3.99. The Morgan fingerprint density at radius 3 is 2.57 bits per heavy atom. The van der Waals surface area contributed by atoms with Gasteiger partial charge in [-0.2, -0.15) is 0 Å². The van der Waals surface area contributed by atoms with Gasteiger partial charge in [-0.15, -0.1) is 0 Å². The van der Waals surface area contributed by atoms with Crippen LogP contribution in [-0.4, -0.2) is 10.9 Å². The first kappa shape index (κ1) is 17.9. The van der Waals surface area contributed by atoms with Crippen LogP contribution in [0.1, 0.15) is 34.5 Å². The molecular formula is C25H22N2O. The molecular weight excluding hydrogens is 344 g/mol. The Kier molecular flexibility index (Phi) is 4.90. The predicted octanol–water partition coefficient (Wildman–Crippen LogP) is 5.70. The van der Waals surface area contributed by atoms with Gasteiger partial charge in [0.25, 0.3) is 5.91 Å². The van der Waals surface area contributed by atoms with E-state index < -0.39 is 0 Å². The second kappa shape index (κ2) is 7.65. The summed E-state index contributed by atoms with van der Waals surface area (Å²) in [6.07, 6.45) is 3.56. The molecule has 3 nitrogen and oxygen atoms in total. The quantitative estimate of drug-likeness (QED) is 0.503. The van der Waals surface area contributed by atoms with Crippen LogP contribution in [0.3, 0.4) is 0 Å². The average Bonchev–Trinajstić information content (AvgIpc) is 2.74. The van der Waals surface area contributed by atoms with Crippen molar-refractivity contribution in [2.24, 2.45) is 0 Å². The minimum absolute atomic E-state index is 0.0660. The van der Waals surface area contributed by atoms with Gasteiger partial charge in [0, 0.05) is 23.5 Å². The number of aryl methyl sites for hydroxylation is 1. The van der Waals surface area contributed by atoms with E-state index in [1.165, 1.54) is 10.8 Å². The summed E-state index contributed by atoms with van der Waals surface area (Å²) < 4.78 is 0. The lowest BCUT2D eigenvalue weighted by Gasteiger charge is -2.18. The maximum Gasteiger partial charge on any atom is 0.252 e. The Balaban J connectivity index is 1.63. The summed E-state index contributed by atoms with van der Waals surface area (Å²) in [4.78, 5) is 17.2. The van der Waals surface area contributed by atoms with Crippen LogP contribution in [0.15, 0.2) is 85.2 Å². The third-order valence-electron chi connectivity index (χ3n) is 5.11. The maximum absolute atomic E-state index is 13.0. The Hall–Kier alpha value is -3.46. The Bertz CT molecular complexity index is 1130. The molecule has 0 aliphatic carbocycles. The second-order valence-corrected chi connectivity index (χ2v) is 7.03. The summed E-state index contributed by atoms with van der Waals surface area (Å²) in [5.41, 5.74) is 4.75. The van der Waals surface area contributed by atoms with Crippen LogP contribution < -0.4 is 5.32 Å². The van der Waals surface area contributed by atoms with E-state index in [1.807, 2.05) is 68.6 Å². The molecule has 3 heteroatoms. The highest BCUT2D eigenvalue weighted by molar-refractivity contribution is 5.97. The highest BCUT2D eigenvalue weighted by atomic mass is 16.1. The first-order valence-corrected chi connectivity index (χ1v) is 9.43. The number of hydrogen-bond acceptors (Lipinski definition) is 2. The summed E-state index contributed by atoms with van der Waals surface area (Å²) in [5, 5.41) is 5.51. The summed E-state index contributed by atoms with van der Waals surface area (Å²) in [5.74, 6) is -0.0660. The molecule has 1 amide bonds. The number of pyridine rings is 1. The number of benzene rings is 3. The van der Waals surface area contributed by atoms with Crippen molar-refractivity contribution in [3.8, 4) is 11.1 Å². The lowest BCUT2D eigenvalue weighted by atomic mass is 9.98. The monoisotopic (exact) mass is 366 g/mol. The molecule has 0 unspecified atom stereocenters. The molecule has 3 aromatic carbocycles. The molecule has 0 aliphatic rings. The van der Waals surface area contributed by atoms with E-state index in [0.29, 0.717) is 5.56 Å². The van der Waals surface area contributed by atoms with E-state index >= 15 is 0 Å². The third kappa shape index (κ3) is 3.52. The standard InChI is InChI=1S/C25H22N2O/c1-17-12-13-20(21-9-6-14-26-16-21)15-24(17)25(28)27-18(2)22-11-5-8-19-7-3-4-10-23(19)22/h3-16,18H,1-2H3,(H,27,28)/t18-/m1/s1. The molecule has 0 spiro atoms. The van der Waals surface area contributed by atoms with Gasteiger partial charge in [0.15, 0.2) is 0 Å². The van der Waals surface area contributed by atoms with Gasteiger partial charge in [-0.25, -0.2) is 0 Å². The predicted molar refractivity (Wildman–Crippen MR) is 114 cm³/mol. The molecule has 0 bridgehead atoms. The molecule has 4 aromatic rings. The van der Waals surface area contributed by atoms with Crippen molar-refractivity contribution in [1.82, 2.24) is 10.3 Å². The van der Waals surface area contributed by atoms with Gasteiger partial charge in [0.1, 0.15) is 0 Å². The molecule has 1 atom stereocenters. The largest absolute Gasteiger partial charge is 0.345 e. The number of amides is 1. The fraction of sp³-hybridized carbons (Fsp3) is 0.120. The average molecular weight is 366 g/mol. The molecule has 0 radical (unpaired) electrons. The summed E-state index contributed by atoms with van der Waals surface area (Å²) >= 11 is 0. The lowest BCUT2D eigenvalue weighted by Crippen LogP contribution is -2.27. The van der Waals surface area contributed by atoms with Gasteiger partial charge in [0.2, 0.25) is 0 Å². The molecule has 0 saturated heterocycles. The van der Waals surface area contributed by atoms with Gasteiger partial charge in [-0.1, -0.05) is 60.7 Å². The third-order valence-corrected chi connectivity index (χ3v) is 5.11. The Morgan fingerprint density at radius 2 is 1.75 bits per heavy atom. The highest BCUT2D eigenvalue weighted by Gasteiger charge is 2.16. The minimum atomic E-state index is -0.0972. The lowest BCUT2D eigenvalue weighted by molar-refractivity contribution is 0.0939. The first-order valence-electron chi connectivity index (χ1n) is 9.43. The number of carbonyl (C=O) groups excluding carboxylic acids is 1. The zero-order chi connectivity index (χ0) is 19.5. The molecule has 1 heterocycles. The van der Waals surface area contributed by atoms with Crippen LogP contribution in [0.5, 0.6) is 0 Å². The van der Waals surface area contributed by atoms with Crippen LogP contribution in [0, 0.1) is 6.92 Å². The number of carbonyl (C=O) groups is 1. The zero-order valence-corrected chi connectivity index (χ0v) is 16.0. The molecule has 28 heavy (non-hydrogen) atoms. The van der Waals surface area contributed by atoms with Crippen LogP contribution in [0.2, 0.25) is 0 Å². The van der Waals surface area contributed by atoms with Gasteiger partial charge < -0.3 is 5.32 Å². The van der Waals surface area contributed by atoms with Crippen molar-refractivity contribution in [2.75, 3.05) is 0 Å². The fourth-order valence-electron chi connectivity index (χ4n) is 3.56. The molecule has 0 aliphatic heterocycles. The van der Waals surface area contributed by atoms with Gasteiger partial charge >= 0.3 is 0 Å². The number of rotatable bonds is 4. The molecule has 4 rings (SSSR count). The minimum Gasteiger partial charge on any atom is -0.345 e. The number of hydrogen-bond donors (Lipinski definition) is 1. The first-order chi connectivity index (χ1) is 13.6. The van der Waals surface area contributed by atoms with E-state index in [1.54, 1.807) is 6.20 Å². The van der Waals surface area contributed by atoms with E-state index in [4.69, 9.17) is 0 Å². The second-order valence-electron chi connectivity index (χ2n) is 7.03. The van der Waals surface area contributed by atoms with Gasteiger partial charge in [0.05, 0.1) is 6.04 Å². The van der Waals surface area contributed by atoms with Crippen LogP contribution >= 0.6 is 0 Å². The maximum atomic E-state index is 13.0. The number of nitrogens with zero attached hydrogens (tertiary/aromatic N) is 1. The normalized spacial score (nSPS) is 11.9. The van der Waals surface area contributed by atoms with E-state index in [2.05, 4.69) is 34.6 Å².